The lowest BCUT2D eigenvalue weighted by molar-refractivity contribution is 0.0913. The zero-order chi connectivity index (χ0) is 33.7. The number of aromatic nitrogens is 3. The smallest absolute Gasteiger partial charge is 0.319 e. The summed E-state index contributed by atoms with van der Waals surface area (Å²) in [6.45, 7) is 4.62. The lowest BCUT2D eigenvalue weighted by Gasteiger charge is -2.42. The van der Waals surface area contributed by atoms with Gasteiger partial charge in [-0.15, -0.1) is 6.42 Å². The van der Waals surface area contributed by atoms with Crippen LogP contribution in [-0.4, -0.2) is 84.0 Å². The second kappa shape index (κ2) is 12.5. The molecule has 0 radical (unpaired) electrons. The number of aromatic hydroxyl groups is 1. The predicted octanol–water partition coefficient (Wildman–Crippen LogP) is 5.72. The Morgan fingerprint density at radius 3 is 2.60 bits per heavy atom. The van der Waals surface area contributed by atoms with Crippen LogP contribution in [0, 0.1) is 29.4 Å². The highest BCUT2D eigenvalue weighted by Crippen LogP contribution is 2.43. The molecule has 12 heteroatoms. The second-order valence-corrected chi connectivity index (χ2v) is 13.1. The van der Waals surface area contributed by atoms with E-state index in [1.807, 2.05) is 14.0 Å². The molecule has 3 fully saturated rings. The van der Waals surface area contributed by atoms with Crippen molar-refractivity contribution < 1.29 is 27.8 Å². The van der Waals surface area contributed by atoms with Crippen LogP contribution in [0.5, 0.6) is 17.6 Å². The number of terminal acetylenes is 1. The highest BCUT2D eigenvalue weighted by molar-refractivity contribution is 6.04. The minimum absolute atomic E-state index is 0.0468. The molecule has 4 aromatic rings. The summed E-state index contributed by atoms with van der Waals surface area (Å²) in [5.41, 5.74) is -0.333. The lowest BCUT2D eigenvalue weighted by Crippen LogP contribution is -2.51. The first-order chi connectivity index (χ1) is 23.2. The number of rotatable bonds is 7. The molecule has 3 atom stereocenters. The summed E-state index contributed by atoms with van der Waals surface area (Å²) in [7, 11) is 3.41. The number of methoxy groups -OCH3 is 1. The van der Waals surface area contributed by atoms with Crippen LogP contribution in [0.4, 0.5) is 19.0 Å². The summed E-state index contributed by atoms with van der Waals surface area (Å²) in [5.74, 6) is 1.12. The highest BCUT2D eigenvalue weighted by atomic mass is 19.1. The SMILES string of the molecule is C#Cc1c(F)ccc2cc(O)cc(-c3nc(OC)c4c(N5C[C@H]6CC[C@@H](C5)N6)nc(OC[C@]5(CC)CN(C)CC/C5=C\F)nc4c3F)c12. The fourth-order valence-electron chi connectivity index (χ4n) is 7.67. The molecule has 2 N–H and O–H groups in total. The molecular formula is C36H37F3N6O3. The second-order valence-electron chi connectivity index (χ2n) is 13.1. The van der Waals surface area contributed by atoms with Crippen molar-refractivity contribution in [3.05, 3.63) is 53.4 Å². The van der Waals surface area contributed by atoms with Crippen molar-refractivity contribution in [1.29, 1.82) is 0 Å². The summed E-state index contributed by atoms with van der Waals surface area (Å²) >= 11 is 0. The average Bonchev–Trinajstić information content (AvgIpc) is 3.43. The Morgan fingerprint density at radius 1 is 1.15 bits per heavy atom. The number of likely N-dealkylation sites (tertiary alicyclic amines) is 1. The standard InChI is InChI=1S/C36H37F3N6O3/c1-5-25-27(38)10-7-20-13-24(46)14-26(28(20)25)31-30(39)32-29(34(41-31)47-4)33(45-16-22-8-9-23(17-45)40-22)43-35(42-32)48-19-36(6-2)18-44(3)12-11-21(36)15-37/h1,7,10,13-15,22-23,40,46H,6,8-9,11-12,16-19H2,2-4H3/b21-15+/t22-,23+,36-/m0/s1. The Balaban J connectivity index is 1.44. The number of piperidine rings is 1. The van der Waals surface area contributed by atoms with Gasteiger partial charge in [0.2, 0.25) is 5.88 Å². The van der Waals surface area contributed by atoms with Crippen molar-refractivity contribution in [2.45, 2.75) is 44.7 Å². The Kier molecular flexibility index (Phi) is 8.29. The number of pyridine rings is 1. The molecule has 3 aliphatic heterocycles. The lowest BCUT2D eigenvalue weighted by atomic mass is 9.74. The Morgan fingerprint density at radius 2 is 1.92 bits per heavy atom. The van der Waals surface area contributed by atoms with Gasteiger partial charge in [-0.2, -0.15) is 9.97 Å². The number of hydrogen-bond donors (Lipinski definition) is 2. The van der Waals surface area contributed by atoms with E-state index in [0.29, 0.717) is 55.6 Å². The van der Waals surface area contributed by atoms with Crippen LogP contribution in [0.15, 0.2) is 36.2 Å². The first-order valence-corrected chi connectivity index (χ1v) is 16.2. The third kappa shape index (κ3) is 5.35. The number of halogens is 3. The van der Waals surface area contributed by atoms with Gasteiger partial charge in [0.15, 0.2) is 5.82 Å². The van der Waals surface area contributed by atoms with Crippen LogP contribution in [0.3, 0.4) is 0 Å². The van der Waals surface area contributed by atoms with Gasteiger partial charge < -0.3 is 29.7 Å². The topological polar surface area (TPSA) is 95.9 Å². The van der Waals surface area contributed by atoms with Crippen molar-refractivity contribution in [3.63, 3.8) is 0 Å². The summed E-state index contributed by atoms with van der Waals surface area (Å²) in [6.07, 6.45) is 9.58. The van der Waals surface area contributed by atoms with E-state index >= 15 is 4.39 Å². The number of nitrogens with zero attached hydrogens (tertiary/aromatic N) is 5. The number of benzene rings is 2. The van der Waals surface area contributed by atoms with Crippen molar-refractivity contribution in [2.24, 2.45) is 5.41 Å². The molecule has 48 heavy (non-hydrogen) atoms. The number of piperazine rings is 1. The summed E-state index contributed by atoms with van der Waals surface area (Å²) in [5, 5.41) is 15.1. The first-order valence-electron chi connectivity index (χ1n) is 16.2. The van der Waals surface area contributed by atoms with Gasteiger partial charge in [0.25, 0.3) is 0 Å². The average molecular weight is 659 g/mol. The number of fused-ring (bicyclic) bond motifs is 4. The van der Waals surface area contributed by atoms with E-state index in [-0.39, 0.29) is 69.4 Å². The molecule has 5 heterocycles. The first kappa shape index (κ1) is 32.0. The molecule has 0 spiro atoms. The molecule has 2 aromatic carbocycles. The van der Waals surface area contributed by atoms with E-state index in [0.717, 1.165) is 19.4 Å². The number of nitrogens with one attached hydrogen (secondary N) is 1. The minimum Gasteiger partial charge on any atom is -0.508 e. The van der Waals surface area contributed by atoms with E-state index in [2.05, 4.69) is 31.0 Å². The van der Waals surface area contributed by atoms with E-state index < -0.39 is 17.0 Å². The normalized spacial score (nSPS) is 23.6. The molecule has 7 rings (SSSR count). The molecule has 9 nitrogen and oxygen atoms in total. The van der Waals surface area contributed by atoms with Crippen molar-refractivity contribution >= 4 is 27.5 Å². The van der Waals surface area contributed by atoms with E-state index in [9.17, 15) is 13.9 Å². The summed E-state index contributed by atoms with van der Waals surface area (Å²) < 4.78 is 58.3. The molecule has 250 valence electrons. The maximum atomic E-state index is 17.1. The molecule has 2 aromatic heterocycles. The van der Waals surface area contributed by atoms with Gasteiger partial charge in [0.05, 0.1) is 19.0 Å². The van der Waals surface area contributed by atoms with Crippen molar-refractivity contribution in [1.82, 2.24) is 25.2 Å². The van der Waals surface area contributed by atoms with Gasteiger partial charge in [0, 0.05) is 54.6 Å². The van der Waals surface area contributed by atoms with E-state index in [1.54, 1.807) is 0 Å². The molecule has 2 bridgehead atoms. The molecule has 3 saturated heterocycles. The Bertz CT molecular complexity index is 1990. The van der Waals surface area contributed by atoms with Gasteiger partial charge in [0.1, 0.15) is 40.6 Å². The monoisotopic (exact) mass is 658 g/mol. The zero-order valence-electron chi connectivity index (χ0n) is 27.1. The highest BCUT2D eigenvalue weighted by Gasteiger charge is 2.39. The Labute approximate surface area is 276 Å². The molecule has 0 aliphatic carbocycles. The molecule has 0 saturated carbocycles. The third-order valence-corrected chi connectivity index (χ3v) is 10.2. The molecular weight excluding hydrogens is 621 g/mol. The van der Waals surface area contributed by atoms with Crippen LogP contribution in [0.2, 0.25) is 0 Å². The maximum Gasteiger partial charge on any atom is 0.319 e. The molecule has 0 unspecified atom stereocenters. The zero-order valence-corrected chi connectivity index (χ0v) is 27.1. The van der Waals surface area contributed by atoms with Crippen LogP contribution in [-0.2, 0) is 0 Å². The third-order valence-electron chi connectivity index (χ3n) is 10.2. The van der Waals surface area contributed by atoms with Gasteiger partial charge in [-0.3, -0.25) is 0 Å². The molecule has 0 amide bonds. The largest absolute Gasteiger partial charge is 0.508 e. The van der Waals surface area contributed by atoms with E-state index in [4.69, 9.17) is 20.9 Å². The fourth-order valence-corrected chi connectivity index (χ4v) is 7.67. The fraction of sp³-hybridized carbons (Fsp3) is 0.417. The van der Waals surface area contributed by atoms with Crippen LogP contribution >= 0.6 is 0 Å². The predicted molar refractivity (Wildman–Crippen MR) is 178 cm³/mol. The van der Waals surface area contributed by atoms with Crippen molar-refractivity contribution in [3.8, 4) is 41.2 Å². The van der Waals surface area contributed by atoms with Crippen LogP contribution in [0.1, 0.15) is 38.2 Å². The minimum atomic E-state index is -0.844. The molecule has 3 aliphatic rings. The number of phenols is 1. The van der Waals surface area contributed by atoms with Gasteiger partial charge in [-0.25, -0.2) is 18.2 Å². The number of hydrogen-bond acceptors (Lipinski definition) is 9. The van der Waals surface area contributed by atoms with Crippen molar-refractivity contribution in [2.75, 3.05) is 51.8 Å². The summed E-state index contributed by atoms with van der Waals surface area (Å²) in [4.78, 5) is 18.2. The van der Waals surface area contributed by atoms with Crippen LogP contribution in [0.25, 0.3) is 32.9 Å². The van der Waals surface area contributed by atoms with Gasteiger partial charge in [-0.1, -0.05) is 18.9 Å². The Hall–Kier alpha value is -4.60. The quantitative estimate of drug-likeness (QED) is 0.242. The number of ether oxygens (including phenoxy) is 2. The number of anilines is 1. The van der Waals surface area contributed by atoms with E-state index in [1.165, 1.54) is 31.4 Å². The van der Waals surface area contributed by atoms with Gasteiger partial charge >= 0.3 is 6.01 Å². The number of phenolic OH excluding ortho intramolecular Hbond substituents is 1. The maximum absolute atomic E-state index is 17.1. The summed E-state index contributed by atoms with van der Waals surface area (Å²) in [6, 6.07) is 5.77. The van der Waals surface area contributed by atoms with Crippen LogP contribution < -0.4 is 19.7 Å². The van der Waals surface area contributed by atoms with Gasteiger partial charge in [-0.05, 0) is 61.9 Å².